The molecule has 4 amide bonds. The van der Waals surface area contributed by atoms with E-state index in [1.807, 2.05) is 0 Å². The SMILES string of the molecule is CC(C)C1C(=O)NC(=O)N(c2ccc(Br)cc2Cl)C1=O. The number of urea groups is 1. The van der Waals surface area contributed by atoms with E-state index in [1.165, 1.54) is 0 Å². The van der Waals surface area contributed by atoms with E-state index in [2.05, 4.69) is 21.2 Å². The summed E-state index contributed by atoms with van der Waals surface area (Å²) in [5.41, 5.74) is 0.260. The third-order valence-corrected chi connectivity index (χ3v) is 3.82. The van der Waals surface area contributed by atoms with Gasteiger partial charge in [0.2, 0.25) is 11.8 Å². The van der Waals surface area contributed by atoms with Crippen molar-refractivity contribution in [3.8, 4) is 0 Å². The summed E-state index contributed by atoms with van der Waals surface area (Å²) in [7, 11) is 0. The lowest BCUT2D eigenvalue weighted by molar-refractivity contribution is -0.136. The molecule has 1 fully saturated rings. The Hall–Kier alpha value is -1.40. The maximum Gasteiger partial charge on any atom is 0.335 e. The van der Waals surface area contributed by atoms with Crippen molar-refractivity contribution in [3.63, 3.8) is 0 Å². The first-order chi connectivity index (χ1) is 9.32. The molecular formula is C13H12BrClN2O3. The molecule has 0 spiro atoms. The minimum atomic E-state index is -0.896. The monoisotopic (exact) mass is 358 g/mol. The van der Waals surface area contributed by atoms with Crippen molar-refractivity contribution in [1.29, 1.82) is 0 Å². The van der Waals surface area contributed by atoms with Gasteiger partial charge in [-0.15, -0.1) is 0 Å². The molecule has 1 aliphatic heterocycles. The molecule has 0 bridgehead atoms. The summed E-state index contributed by atoms with van der Waals surface area (Å²) in [6.07, 6.45) is 0. The molecule has 1 heterocycles. The molecule has 5 nitrogen and oxygen atoms in total. The summed E-state index contributed by atoms with van der Waals surface area (Å²) in [6.45, 7) is 3.50. The second-order valence-corrected chi connectivity index (χ2v) is 6.11. The van der Waals surface area contributed by atoms with Crippen molar-refractivity contribution in [2.45, 2.75) is 13.8 Å². The number of carbonyl (C=O) groups excluding carboxylic acids is 3. The molecule has 1 N–H and O–H groups in total. The molecule has 106 valence electrons. The highest BCUT2D eigenvalue weighted by Crippen LogP contribution is 2.32. The fraction of sp³-hybridized carbons (Fsp3) is 0.308. The van der Waals surface area contributed by atoms with Crippen LogP contribution < -0.4 is 10.2 Å². The third-order valence-electron chi connectivity index (χ3n) is 3.02. The Kier molecular flexibility index (Phi) is 4.15. The molecule has 2 rings (SSSR count). The van der Waals surface area contributed by atoms with Crippen LogP contribution in [0.4, 0.5) is 10.5 Å². The highest BCUT2D eigenvalue weighted by Gasteiger charge is 2.43. The number of halogens is 2. The van der Waals surface area contributed by atoms with Crippen molar-refractivity contribution in [1.82, 2.24) is 5.32 Å². The predicted octanol–water partition coefficient (Wildman–Crippen LogP) is 2.96. The van der Waals surface area contributed by atoms with E-state index < -0.39 is 23.8 Å². The molecule has 1 aromatic rings. The fourth-order valence-corrected chi connectivity index (χ4v) is 2.83. The van der Waals surface area contributed by atoms with Gasteiger partial charge < -0.3 is 0 Å². The molecule has 1 aromatic carbocycles. The van der Waals surface area contributed by atoms with Crippen LogP contribution in [0.2, 0.25) is 5.02 Å². The predicted molar refractivity (Wildman–Crippen MR) is 78.5 cm³/mol. The van der Waals surface area contributed by atoms with Crippen molar-refractivity contribution in [2.24, 2.45) is 11.8 Å². The number of imide groups is 2. The molecule has 1 saturated heterocycles. The summed E-state index contributed by atoms with van der Waals surface area (Å²) in [4.78, 5) is 37.0. The second kappa shape index (κ2) is 5.54. The molecule has 0 aliphatic carbocycles. The van der Waals surface area contributed by atoms with Crippen LogP contribution in [-0.4, -0.2) is 17.8 Å². The number of hydrogen-bond donors (Lipinski definition) is 1. The van der Waals surface area contributed by atoms with Gasteiger partial charge in [0.05, 0.1) is 10.7 Å². The normalized spacial score (nSPS) is 19.6. The zero-order valence-electron chi connectivity index (χ0n) is 10.8. The van der Waals surface area contributed by atoms with Gasteiger partial charge in [0.15, 0.2) is 0 Å². The van der Waals surface area contributed by atoms with Crippen LogP contribution in [0.15, 0.2) is 22.7 Å². The van der Waals surface area contributed by atoms with Crippen LogP contribution in [0.1, 0.15) is 13.8 Å². The number of nitrogens with zero attached hydrogens (tertiary/aromatic N) is 1. The molecule has 1 aliphatic rings. The number of benzene rings is 1. The summed E-state index contributed by atoms with van der Waals surface area (Å²) in [6, 6.07) is 4.03. The third kappa shape index (κ3) is 2.58. The summed E-state index contributed by atoms with van der Waals surface area (Å²) in [5.74, 6) is -2.24. The first kappa shape index (κ1) is 15.0. The minimum absolute atomic E-state index is 0.215. The van der Waals surface area contributed by atoms with Crippen LogP contribution in [0.3, 0.4) is 0 Å². The Bertz CT molecular complexity index is 603. The lowest BCUT2D eigenvalue weighted by atomic mass is 9.92. The molecule has 0 radical (unpaired) electrons. The van der Waals surface area contributed by atoms with Gasteiger partial charge in [-0.25, -0.2) is 9.69 Å². The van der Waals surface area contributed by atoms with Crippen LogP contribution >= 0.6 is 27.5 Å². The van der Waals surface area contributed by atoms with Crippen LogP contribution in [0.5, 0.6) is 0 Å². The molecule has 0 aromatic heterocycles. The van der Waals surface area contributed by atoms with E-state index in [0.717, 1.165) is 9.37 Å². The topological polar surface area (TPSA) is 66.5 Å². The number of barbiturate groups is 1. The van der Waals surface area contributed by atoms with E-state index in [1.54, 1.807) is 32.0 Å². The van der Waals surface area contributed by atoms with Crippen LogP contribution in [-0.2, 0) is 9.59 Å². The van der Waals surface area contributed by atoms with E-state index in [-0.39, 0.29) is 16.6 Å². The number of nitrogens with one attached hydrogen (secondary N) is 1. The first-order valence-corrected chi connectivity index (χ1v) is 7.14. The Balaban J connectivity index is 2.46. The van der Waals surface area contributed by atoms with E-state index in [4.69, 9.17) is 11.6 Å². The van der Waals surface area contributed by atoms with Crippen molar-refractivity contribution >= 4 is 51.1 Å². The van der Waals surface area contributed by atoms with Crippen LogP contribution in [0, 0.1) is 11.8 Å². The van der Waals surface area contributed by atoms with Gasteiger partial charge in [0, 0.05) is 4.47 Å². The highest BCUT2D eigenvalue weighted by atomic mass is 79.9. The van der Waals surface area contributed by atoms with Gasteiger partial charge in [-0.2, -0.15) is 0 Å². The average molecular weight is 360 g/mol. The van der Waals surface area contributed by atoms with Gasteiger partial charge in [0.1, 0.15) is 5.92 Å². The number of rotatable bonds is 2. The fourth-order valence-electron chi connectivity index (χ4n) is 2.07. The van der Waals surface area contributed by atoms with Crippen molar-refractivity contribution < 1.29 is 14.4 Å². The largest absolute Gasteiger partial charge is 0.335 e. The first-order valence-electron chi connectivity index (χ1n) is 5.96. The average Bonchev–Trinajstić information content (AvgIpc) is 2.30. The second-order valence-electron chi connectivity index (χ2n) is 4.79. The van der Waals surface area contributed by atoms with Gasteiger partial charge in [-0.1, -0.05) is 41.4 Å². The molecular weight excluding hydrogens is 348 g/mol. The molecule has 20 heavy (non-hydrogen) atoms. The maximum atomic E-state index is 12.4. The maximum absolute atomic E-state index is 12.4. The lowest BCUT2D eigenvalue weighted by Gasteiger charge is -2.32. The van der Waals surface area contributed by atoms with Crippen molar-refractivity contribution in [3.05, 3.63) is 27.7 Å². The number of anilines is 1. The number of carbonyl (C=O) groups is 3. The Morgan fingerprint density at radius 2 is 1.95 bits per heavy atom. The molecule has 1 unspecified atom stereocenters. The van der Waals surface area contributed by atoms with E-state index in [9.17, 15) is 14.4 Å². The zero-order chi connectivity index (χ0) is 15.0. The Labute approximate surface area is 129 Å². The van der Waals surface area contributed by atoms with Crippen LogP contribution in [0.25, 0.3) is 0 Å². The summed E-state index contributed by atoms with van der Waals surface area (Å²) < 4.78 is 0.729. The standard InChI is InChI=1S/C13H12BrClN2O3/c1-6(2)10-11(18)16-13(20)17(12(10)19)9-4-3-7(14)5-8(9)15/h3-6,10H,1-2H3,(H,16,18,20). The molecule has 7 heteroatoms. The van der Waals surface area contributed by atoms with Gasteiger partial charge >= 0.3 is 6.03 Å². The Morgan fingerprint density at radius 3 is 2.50 bits per heavy atom. The van der Waals surface area contributed by atoms with Crippen molar-refractivity contribution in [2.75, 3.05) is 4.90 Å². The molecule has 0 saturated carbocycles. The van der Waals surface area contributed by atoms with Gasteiger partial charge in [-0.05, 0) is 24.1 Å². The zero-order valence-corrected chi connectivity index (χ0v) is 13.2. The number of hydrogen-bond acceptors (Lipinski definition) is 3. The summed E-state index contributed by atoms with van der Waals surface area (Å²) >= 11 is 9.32. The number of amides is 4. The summed E-state index contributed by atoms with van der Waals surface area (Å²) in [5, 5.41) is 2.44. The highest BCUT2D eigenvalue weighted by molar-refractivity contribution is 9.10. The quantitative estimate of drug-likeness (QED) is 0.826. The molecule has 1 atom stereocenters. The lowest BCUT2D eigenvalue weighted by Crippen LogP contribution is -2.59. The van der Waals surface area contributed by atoms with Gasteiger partial charge in [-0.3, -0.25) is 14.9 Å². The minimum Gasteiger partial charge on any atom is -0.277 e. The van der Waals surface area contributed by atoms with E-state index in [0.29, 0.717) is 0 Å². The Morgan fingerprint density at radius 1 is 1.30 bits per heavy atom. The van der Waals surface area contributed by atoms with E-state index >= 15 is 0 Å². The smallest absolute Gasteiger partial charge is 0.277 e. The van der Waals surface area contributed by atoms with Gasteiger partial charge in [0.25, 0.3) is 0 Å².